The predicted molar refractivity (Wildman–Crippen MR) is 105 cm³/mol. The van der Waals surface area contributed by atoms with Crippen LogP contribution in [0.4, 0.5) is 5.69 Å². The van der Waals surface area contributed by atoms with Gasteiger partial charge in [0.05, 0.1) is 11.3 Å². The summed E-state index contributed by atoms with van der Waals surface area (Å²) in [6.45, 7) is 0.741. The average Bonchev–Trinajstić information content (AvgIpc) is 3.23. The van der Waals surface area contributed by atoms with E-state index >= 15 is 0 Å². The Bertz CT molecular complexity index is 1020. The molecule has 1 unspecified atom stereocenters. The van der Waals surface area contributed by atoms with E-state index in [1.54, 1.807) is 0 Å². The number of amides is 1. The Kier molecular flexibility index (Phi) is 4.04. The van der Waals surface area contributed by atoms with Crippen LogP contribution in [0.15, 0.2) is 47.2 Å². The van der Waals surface area contributed by atoms with Crippen molar-refractivity contribution in [3.05, 3.63) is 63.9 Å². The third-order valence-corrected chi connectivity index (χ3v) is 6.10. The van der Waals surface area contributed by atoms with E-state index in [9.17, 15) is 4.79 Å². The number of carbonyl (C=O) groups is 1. The van der Waals surface area contributed by atoms with Crippen LogP contribution in [0, 0.1) is 0 Å². The Labute approximate surface area is 165 Å². The van der Waals surface area contributed by atoms with Gasteiger partial charge in [-0.2, -0.15) is 4.68 Å². The SMILES string of the molecule is O=C(c1ccc(Br)cc1-n1cnnn1)N1CCC2CCCc3cccc1c32. The van der Waals surface area contributed by atoms with E-state index < -0.39 is 0 Å². The number of anilines is 1. The number of nitrogens with zero attached hydrogens (tertiary/aromatic N) is 5. The lowest BCUT2D eigenvalue weighted by Gasteiger charge is -2.38. The maximum absolute atomic E-state index is 13.5. The van der Waals surface area contributed by atoms with Gasteiger partial charge in [-0.15, -0.1) is 5.10 Å². The highest BCUT2D eigenvalue weighted by atomic mass is 79.9. The van der Waals surface area contributed by atoms with Gasteiger partial charge < -0.3 is 4.90 Å². The molecule has 0 bridgehead atoms. The van der Waals surface area contributed by atoms with Crippen LogP contribution in [0.25, 0.3) is 5.69 Å². The second-order valence-electron chi connectivity index (χ2n) is 7.10. The molecule has 1 aliphatic heterocycles. The maximum atomic E-state index is 13.5. The second-order valence-corrected chi connectivity index (χ2v) is 8.02. The van der Waals surface area contributed by atoms with Gasteiger partial charge in [0.2, 0.25) is 0 Å². The number of aryl methyl sites for hydroxylation is 1. The standard InChI is InChI=1S/C20H18BrN5O/c21-15-7-8-16(18(11-15)26-12-22-23-24-26)20(27)25-10-9-14-4-1-3-13-5-2-6-17(25)19(13)14/h2,5-8,11-12,14H,1,3-4,9-10H2. The van der Waals surface area contributed by atoms with Crippen LogP contribution < -0.4 is 4.90 Å². The normalized spacial score (nSPS) is 18.3. The van der Waals surface area contributed by atoms with E-state index in [4.69, 9.17) is 0 Å². The van der Waals surface area contributed by atoms with Crippen LogP contribution >= 0.6 is 15.9 Å². The molecule has 2 aromatic carbocycles. The fourth-order valence-electron chi connectivity index (χ4n) is 4.40. The summed E-state index contributed by atoms with van der Waals surface area (Å²) < 4.78 is 2.41. The molecule has 0 N–H and O–H groups in total. The van der Waals surface area contributed by atoms with E-state index in [-0.39, 0.29) is 5.91 Å². The van der Waals surface area contributed by atoms with Crippen LogP contribution in [-0.2, 0) is 6.42 Å². The van der Waals surface area contributed by atoms with Gasteiger partial charge in [-0.1, -0.05) is 28.1 Å². The summed E-state index contributed by atoms with van der Waals surface area (Å²) in [6, 6.07) is 12.0. The fraction of sp³-hybridized carbons (Fsp3) is 0.300. The topological polar surface area (TPSA) is 63.9 Å². The molecule has 1 amide bonds. The number of tetrazole rings is 1. The molecular weight excluding hydrogens is 406 g/mol. The summed E-state index contributed by atoms with van der Waals surface area (Å²) in [5.74, 6) is 0.573. The summed E-state index contributed by atoms with van der Waals surface area (Å²) in [5.41, 5.74) is 5.12. The van der Waals surface area contributed by atoms with Crippen molar-refractivity contribution < 1.29 is 4.79 Å². The molecule has 0 saturated carbocycles. The van der Waals surface area contributed by atoms with Gasteiger partial charge in [-0.05, 0) is 77.4 Å². The summed E-state index contributed by atoms with van der Waals surface area (Å²) in [5, 5.41) is 11.4. The highest BCUT2D eigenvalue weighted by molar-refractivity contribution is 9.10. The number of aromatic nitrogens is 4. The second kappa shape index (κ2) is 6.56. The summed E-state index contributed by atoms with van der Waals surface area (Å²) >= 11 is 3.48. The molecular formula is C20H18BrN5O. The minimum absolute atomic E-state index is 0.00887. The van der Waals surface area contributed by atoms with Crippen LogP contribution in [-0.4, -0.2) is 32.7 Å². The van der Waals surface area contributed by atoms with Crippen molar-refractivity contribution in [3.63, 3.8) is 0 Å². The van der Waals surface area contributed by atoms with E-state index in [2.05, 4.69) is 49.7 Å². The Morgan fingerprint density at radius 1 is 1.15 bits per heavy atom. The molecule has 0 radical (unpaired) electrons. The highest BCUT2D eigenvalue weighted by Gasteiger charge is 2.33. The maximum Gasteiger partial charge on any atom is 0.260 e. The van der Waals surface area contributed by atoms with Crippen LogP contribution in [0.3, 0.4) is 0 Å². The molecule has 5 rings (SSSR count). The lowest BCUT2D eigenvalue weighted by Crippen LogP contribution is -2.38. The molecule has 2 aliphatic rings. The van der Waals surface area contributed by atoms with Gasteiger partial charge >= 0.3 is 0 Å². The Morgan fingerprint density at radius 3 is 2.93 bits per heavy atom. The molecule has 1 atom stereocenters. The zero-order chi connectivity index (χ0) is 18.4. The van der Waals surface area contributed by atoms with Crippen molar-refractivity contribution in [1.82, 2.24) is 20.2 Å². The Hall–Kier alpha value is -2.54. The molecule has 2 heterocycles. The molecule has 1 aliphatic carbocycles. The first-order chi connectivity index (χ1) is 13.2. The predicted octanol–water partition coefficient (Wildman–Crippen LogP) is 3.90. The van der Waals surface area contributed by atoms with Crippen LogP contribution in [0.5, 0.6) is 0 Å². The number of hydrogen-bond acceptors (Lipinski definition) is 4. The molecule has 0 saturated heterocycles. The fourth-order valence-corrected chi connectivity index (χ4v) is 4.75. The smallest absolute Gasteiger partial charge is 0.260 e. The number of rotatable bonds is 2. The first-order valence-electron chi connectivity index (χ1n) is 9.19. The van der Waals surface area contributed by atoms with Crippen molar-refractivity contribution in [2.75, 3.05) is 11.4 Å². The molecule has 27 heavy (non-hydrogen) atoms. The summed E-state index contributed by atoms with van der Waals surface area (Å²) in [6.07, 6.45) is 6.10. The quantitative estimate of drug-likeness (QED) is 0.626. The van der Waals surface area contributed by atoms with Crippen molar-refractivity contribution in [2.45, 2.75) is 31.6 Å². The van der Waals surface area contributed by atoms with Gasteiger partial charge in [-0.3, -0.25) is 4.79 Å². The lowest BCUT2D eigenvalue weighted by atomic mass is 9.77. The first kappa shape index (κ1) is 16.6. The monoisotopic (exact) mass is 423 g/mol. The number of carbonyl (C=O) groups excluding carboxylic acids is 1. The highest BCUT2D eigenvalue weighted by Crippen LogP contribution is 2.44. The summed E-state index contributed by atoms with van der Waals surface area (Å²) in [7, 11) is 0. The minimum atomic E-state index is -0.00887. The molecule has 6 nitrogen and oxygen atoms in total. The Morgan fingerprint density at radius 2 is 2.07 bits per heavy atom. The molecule has 0 fully saturated rings. The van der Waals surface area contributed by atoms with Gasteiger partial charge in [0.1, 0.15) is 6.33 Å². The van der Waals surface area contributed by atoms with E-state index in [1.807, 2.05) is 23.1 Å². The molecule has 7 heteroatoms. The van der Waals surface area contributed by atoms with Gasteiger partial charge in [0.15, 0.2) is 0 Å². The number of halogens is 1. The van der Waals surface area contributed by atoms with Crippen molar-refractivity contribution in [2.24, 2.45) is 0 Å². The zero-order valence-corrected chi connectivity index (χ0v) is 16.3. The van der Waals surface area contributed by atoms with E-state index in [0.29, 0.717) is 17.2 Å². The lowest BCUT2D eigenvalue weighted by molar-refractivity contribution is 0.0983. The van der Waals surface area contributed by atoms with Gasteiger partial charge in [0, 0.05) is 16.7 Å². The zero-order valence-electron chi connectivity index (χ0n) is 14.7. The molecule has 0 spiro atoms. The van der Waals surface area contributed by atoms with Crippen molar-refractivity contribution in [3.8, 4) is 5.69 Å². The molecule has 1 aromatic heterocycles. The van der Waals surface area contributed by atoms with Gasteiger partial charge in [-0.25, -0.2) is 0 Å². The van der Waals surface area contributed by atoms with Crippen LogP contribution in [0.1, 0.15) is 46.7 Å². The van der Waals surface area contributed by atoms with Crippen LogP contribution in [0.2, 0.25) is 0 Å². The summed E-state index contributed by atoms with van der Waals surface area (Å²) in [4.78, 5) is 15.5. The molecule has 136 valence electrons. The van der Waals surface area contributed by atoms with E-state index in [1.165, 1.54) is 35.0 Å². The third-order valence-electron chi connectivity index (χ3n) is 5.60. The minimum Gasteiger partial charge on any atom is -0.308 e. The van der Waals surface area contributed by atoms with Crippen molar-refractivity contribution >= 4 is 27.5 Å². The number of hydrogen-bond donors (Lipinski definition) is 0. The number of benzene rings is 2. The third kappa shape index (κ3) is 2.77. The largest absolute Gasteiger partial charge is 0.308 e. The van der Waals surface area contributed by atoms with E-state index in [0.717, 1.165) is 29.5 Å². The molecule has 3 aromatic rings. The van der Waals surface area contributed by atoms with Crippen molar-refractivity contribution in [1.29, 1.82) is 0 Å². The Balaban J connectivity index is 1.60. The first-order valence-corrected chi connectivity index (χ1v) is 9.98. The van der Waals surface area contributed by atoms with Gasteiger partial charge in [0.25, 0.3) is 5.91 Å². The average molecular weight is 424 g/mol.